The smallest absolute Gasteiger partial charge is 0.244 e. The van der Waals surface area contributed by atoms with Gasteiger partial charge in [-0.15, -0.1) is 11.8 Å². The number of carbonyl (C=O) groups is 3. The summed E-state index contributed by atoms with van der Waals surface area (Å²) in [7, 11) is 0. The monoisotopic (exact) mass is 301 g/mol. The molecule has 6 nitrogen and oxygen atoms in total. The van der Waals surface area contributed by atoms with E-state index in [-0.39, 0.29) is 17.2 Å². The van der Waals surface area contributed by atoms with E-state index in [1.807, 2.05) is 20.8 Å². The van der Waals surface area contributed by atoms with Gasteiger partial charge in [0.15, 0.2) is 0 Å². The van der Waals surface area contributed by atoms with Gasteiger partial charge < -0.3 is 16.0 Å². The number of nitrogens with one attached hydrogen (secondary N) is 1. The minimum Gasteiger partial charge on any atom is -0.368 e. The first-order chi connectivity index (χ1) is 9.11. The summed E-state index contributed by atoms with van der Waals surface area (Å²) >= 11 is 1.54. The zero-order valence-corrected chi connectivity index (χ0v) is 13.3. The van der Waals surface area contributed by atoms with Crippen molar-refractivity contribution >= 4 is 29.5 Å². The van der Waals surface area contributed by atoms with Crippen LogP contribution in [0.3, 0.4) is 0 Å². The summed E-state index contributed by atoms with van der Waals surface area (Å²) in [4.78, 5) is 36.9. The number of thioether (sulfide) groups is 1. The third-order valence-corrected chi connectivity index (χ3v) is 3.98. The highest BCUT2D eigenvalue weighted by Gasteiger charge is 2.36. The number of nitrogens with zero attached hydrogens (tertiary/aromatic N) is 1. The van der Waals surface area contributed by atoms with Crippen molar-refractivity contribution in [3.05, 3.63) is 0 Å². The Balaban J connectivity index is 2.67. The molecule has 0 aromatic heterocycles. The van der Waals surface area contributed by atoms with Crippen molar-refractivity contribution in [2.45, 2.75) is 46.2 Å². The number of primary amides is 1. The van der Waals surface area contributed by atoms with Gasteiger partial charge in [0, 0.05) is 12.2 Å². The summed E-state index contributed by atoms with van der Waals surface area (Å²) in [5.41, 5.74) is 5.00. The predicted octanol–water partition coefficient (Wildman–Crippen LogP) is 0.314. The lowest BCUT2D eigenvalue weighted by Crippen LogP contribution is -2.52. The molecule has 1 fully saturated rings. The first-order valence-corrected chi connectivity index (χ1v) is 7.74. The van der Waals surface area contributed by atoms with E-state index in [4.69, 9.17) is 5.73 Å². The first kappa shape index (κ1) is 16.8. The van der Waals surface area contributed by atoms with Gasteiger partial charge in [-0.25, -0.2) is 0 Å². The van der Waals surface area contributed by atoms with Crippen molar-refractivity contribution in [1.29, 1.82) is 0 Å². The molecule has 0 aliphatic carbocycles. The molecule has 3 amide bonds. The van der Waals surface area contributed by atoms with Crippen molar-refractivity contribution in [3.8, 4) is 0 Å². The van der Waals surface area contributed by atoms with Gasteiger partial charge in [-0.3, -0.25) is 14.4 Å². The first-order valence-electron chi connectivity index (χ1n) is 6.59. The Morgan fingerprint density at radius 1 is 1.40 bits per heavy atom. The molecule has 0 saturated carbocycles. The molecular formula is C13H23N3O3S. The number of hydrogen-bond donors (Lipinski definition) is 2. The minimum absolute atomic E-state index is 0.0330. The Morgan fingerprint density at radius 3 is 2.50 bits per heavy atom. The van der Waals surface area contributed by atoms with Gasteiger partial charge in [0.25, 0.3) is 0 Å². The summed E-state index contributed by atoms with van der Waals surface area (Å²) in [6.45, 7) is 7.48. The highest BCUT2D eigenvalue weighted by Crippen LogP contribution is 2.26. The van der Waals surface area contributed by atoms with Crippen LogP contribution in [-0.4, -0.2) is 46.3 Å². The fraction of sp³-hybridized carbons (Fsp3) is 0.769. The lowest BCUT2D eigenvalue weighted by molar-refractivity contribution is -0.140. The standard InChI is InChI=1S/C13H23N3O3S/c1-8(11(14)18)15-12(19)9-6-20-7-16(9)10(17)5-13(2,3)4/h8-9H,5-7H2,1-4H3,(H2,14,18)(H,15,19). The number of nitrogens with two attached hydrogens (primary N) is 1. The van der Waals surface area contributed by atoms with Gasteiger partial charge in [-0.2, -0.15) is 0 Å². The Labute approximate surface area is 123 Å². The molecule has 0 aromatic carbocycles. The van der Waals surface area contributed by atoms with Crippen LogP contribution in [-0.2, 0) is 14.4 Å². The van der Waals surface area contributed by atoms with Crippen LogP contribution in [0, 0.1) is 5.41 Å². The second kappa shape index (κ2) is 6.47. The van der Waals surface area contributed by atoms with Crippen molar-refractivity contribution in [3.63, 3.8) is 0 Å². The van der Waals surface area contributed by atoms with Crippen LogP contribution in [0.1, 0.15) is 34.1 Å². The van der Waals surface area contributed by atoms with Crippen molar-refractivity contribution in [2.75, 3.05) is 11.6 Å². The van der Waals surface area contributed by atoms with Crippen molar-refractivity contribution < 1.29 is 14.4 Å². The normalized spacial score (nSPS) is 20.6. The zero-order valence-electron chi connectivity index (χ0n) is 12.4. The average Bonchev–Trinajstić information content (AvgIpc) is 2.74. The molecule has 114 valence electrons. The van der Waals surface area contributed by atoms with Crippen LogP contribution in [0.15, 0.2) is 0 Å². The fourth-order valence-electron chi connectivity index (χ4n) is 1.84. The Bertz CT molecular complexity index is 406. The lowest BCUT2D eigenvalue weighted by Gasteiger charge is -2.27. The summed E-state index contributed by atoms with van der Waals surface area (Å²) in [6, 6.07) is -1.25. The number of amides is 3. The molecule has 2 unspecified atom stereocenters. The molecule has 2 atom stereocenters. The number of carbonyl (C=O) groups excluding carboxylic acids is 3. The molecule has 3 N–H and O–H groups in total. The van der Waals surface area contributed by atoms with E-state index >= 15 is 0 Å². The Morgan fingerprint density at radius 2 is 2.00 bits per heavy atom. The van der Waals surface area contributed by atoms with Gasteiger partial charge in [-0.1, -0.05) is 20.8 Å². The molecule has 20 heavy (non-hydrogen) atoms. The summed E-state index contributed by atoms with van der Waals surface area (Å²) in [5, 5.41) is 2.55. The molecule has 1 aliphatic rings. The second-order valence-electron chi connectivity index (χ2n) is 6.25. The van der Waals surface area contributed by atoms with E-state index in [9.17, 15) is 14.4 Å². The van der Waals surface area contributed by atoms with Crippen molar-refractivity contribution in [1.82, 2.24) is 10.2 Å². The second-order valence-corrected chi connectivity index (χ2v) is 7.25. The molecule has 0 aromatic rings. The third kappa shape index (κ3) is 4.70. The van der Waals surface area contributed by atoms with Crippen LogP contribution in [0.2, 0.25) is 0 Å². The number of rotatable bonds is 4. The SMILES string of the molecule is CC(NC(=O)C1CSCN1C(=O)CC(C)(C)C)C(N)=O. The fourth-order valence-corrected chi connectivity index (χ4v) is 3.02. The molecule has 0 bridgehead atoms. The lowest BCUT2D eigenvalue weighted by atomic mass is 9.91. The van der Waals surface area contributed by atoms with Gasteiger partial charge in [0.1, 0.15) is 12.1 Å². The molecule has 7 heteroatoms. The maximum atomic E-state index is 12.2. The molecular weight excluding hydrogens is 278 g/mol. The van der Waals surface area contributed by atoms with Crippen LogP contribution in [0.25, 0.3) is 0 Å². The van der Waals surface area contributed by atoms with Gasteiger partial charge in [0.05, 0.1) is 5.88 Å². The van der Waals surface area contributed by atoms with Crippen LogP contribution in [0.5, 0.6) is 0 Å². The van der Waals surface area contributed by atoms with Gasteiger partial charge >= 0.3 is 0 Å². The quantitative estimate of drug-likeness (QED) is 0.782. The van der Waals surface area contributed by atoms with E-state index in [0.29, 0.717) is 18.1 Å². The average molecular weight is 301 g/mol. The Hall–Kier alpha value is -1.24. The molecule has 1 rings (SSSR count). The molecule has 1 heterocycles. The number of hydrogen-bond acceptors (Lipinski definition) is 4. The maximum absolute atomic E-state index is 12.2. The van der Waals surface area contributed by atoms with E-state index in [2.05, 4.69) is 5.32 Å². The molecule has 1 aliphatic heterocycles. The van der Waals surface area contributed by atoms with Crippen LogP contribution >= 0.6 is 11.8 Å². The molecule has 0 radical (unpaired) electrons. The van der Waals surface area contributed by atoms with Crippen LogP contribution in [0.4, 0.5) is 0 Å². The highest BCUT2D eigenvalue weighted by atomic mass is 32.2. The highest BCUT2D eigenvalue weighted by molar-refractivity contribution is 7.99. The summed E-state index contributed by atoms with van der Waals surface area (Å²) in [5.74, 6) is 0.125. The van der Waals surface area contributed by atoms with E-state index in [1.54, 1.807) is 4.90 Å². The van der Waals surface area contributed by atoms with Crippen molar-refractivity contribution in [2.24, 2.45) is 11.1 Å². The topological polar surface area (TPSA) is 92.5 Å². The zero-order chi connectivity index (χ0) is 15.5. The van der Waals surface area contributed by atoms with E-state index in [0.717, 1.165) is 0 Å². The predicted molar refractivity (Wildman–Crippen MR) is 78.8 cm³/mol. The Kier molecular flexibility index (Phi) is 5.44. The van der Waals surface area contributed by atoms with E-state index < -0.39 is 18.0 Å². The molecule has 1 saturated heterocycles. The largest absolute Gasteiger partial charge is 0.368 e. The van der Waals surface area contributed by atoms with Gasteiger partial charge in [-0.05, 0) is 12.3 Å². The summed E-state index contributed by atoms with van der Waals surface area (Å²) < 4.78 is 0. The van der Waals surface area contributed by atoms with E-state index in [1.165, 1.54) is 18.7 Å². The summed E-state index contributed by atoms with van der Waals surface area (Å²) in [6.07, 6.45) is 0.392. The third-order valence-electron chi connectivity index (χ3n) is 2.97. The molecule has 0 spiro atoms. The maximum Gasteiger partial charge on any atom is 0.244 e. The van der Waals surface area contributed by atoms with Crippen LogP contribution < -0.4 is 11.1 Å². The van der Waals surface area contributed by atoms with Gasteiger partial charge in [0.2, 0.25) is 17.7 Å². The minimum atomic E-state index is -0.729.